The number of halogens is 3. The molecule has 0 unspecified atom stereocenters. The van der Waals surface area contributed by atoms with Crippen molar-refractivity contribution >= 4 is 56.1 Å². The first-order chi connectivity index (χ1) is 7.00. The molecule has 0 amide bonds. The zero-order chi connectivity index (χ0) is 11.2. The maximum absolute atomic E-state index is 5.95. The van der Waals surface area contributed by atoms with Gasteiger partial charge >= 0.3 is 0 Å². The molecule has 2 aromatic heterocycles. The van der Waals surface area contributed by atoms with E-state index in [1.807, 2.05) is 19.0 Å². The van der Waals surface area contributed by atoms with E-state index < -0.39 is 0 Å². The second-order valence-corrected chi connectivity index (χ2v) is 4.69. The van der Waals surface area contributed by atoms with Gasteiger partial charge in [-0.25, -0.2) is 9.97 Å². The maximum Gasteiger partial charge on any atom is 0.203 e. The van der Waals surface area contributed by atoms with Crippen molar-refractivity contribution in [1.82, 2.24) is 15.0 Å². The molecular weight excluding hydrogens is 303 g/mol. The molecule has 7 heteroatoms. The number of imidazole rings is 1. The lowest BCUT2D eigenvalue weighted by molar-refractivity contribution is 1.05. The second-order valence-electron chi connectivity index (χ2n) is 3.19. The Hall–Kier alpha value is -0.520. The molecule has 0 spiro atoms. The van der Waals surface area contributed by atoms with Gasteiger partial charge in [0, 0.05) is 14.1 Å². The standard InChI is InChI=1S/C8H7BrCl2N4/c1-15(2)8-12-4-3(9)6(10)14-7(11)5(4)13-8/h1-2H3,(H,12,13). The number of hydrogen-bond donors (Lipinski definition) is 1. The molecule has 4 nitrogen and oxygen atoms in total. The highest BCUT2D eigenvalue weighted by molar-refractivity contribution is 9.10. The normalized spacial score (nSPS) is 11.0. The summed E-state index contributed by atoms with van der Waals surface area (Å²) < 4.78 is 0.646. The van der Waals surface area contributed by atoms with Crippen molar-refractivity contribution < 1.29 is 0 Å². The van der Waals surface area contributed by atoms with E-state index in [0.29, 0.717) is 31.8 Å². The largest absolute Gasteiger partial charge is 0.349 e. The third-order valence-corrected chi connectivity index (χ3v) is 3.43. The summed E-state index contributed by atoms with van der Waals surface area (Å²) >= 11 is 15.1. The number of hydrogen-bond acceptors (Lipinski definition) is 3. The number of anilines is 1. The molecule has 0 aliphatic rings. The van der Waals surface area contributed by atoms with Crippen LogP contribution in [0.1, 0.15) is 0 Å². The van der Waals surface area contributed by atoms with E-state index in [0.717, 1.165) is 0 Å². The van der Waals surface area contributed by atoms with E-state index in [2.05, 4.69) is 30.9 Å². The van der Waals surface area contributed by atoms with Gasteiger partial charge in [0.2, 0.25) is 5.95 Å². The van der Waals surface area contributed by atoms with Crippen LogP contribution in [-0.2, 0) is 0 Å². The quantitative estimate of drug-likeness (QED) is 0.823. The predicted molar refractivity (Wildman–Crippen MR) is 65.9 cm³/mol. The number of pyridine rings is 1. The maximum atomic E-state index is 5.95. The summed E-state index contributed by atoms with van der Waals surface area (Å²) in [6.45, 7) is 0. The van der Waals surface area contributed by atoms with Gasteiger partial charge in [-0.15, -0.1) is 0 Å². The molecule has 0 aromatic carbocycles. The third kappa shape index (κ3) is 1.79. The molecule has 0 bridgehead atoms. The van der Waals surface area contributed by atoms with Crippen LogP contribution in [0.5, 0.6) is 0 Å². The van der Waals surface area contributed by atoms with Gasteiger partial charge in [-0.1, -0.05) is 23.2 Å². The molecule has 2 aromatic rings. The summed E-state index contributed by atoms with van der Waals surface area (Å²) in [6, 6.07) is 0. The van der Waals surface area contributed by atoms with Gasteiger partial charge in [0.25, 0.3) is 0 Å². The minimum Gasteiger partial charge on any atom is -0.349 e. The summed E-state index contributed by atoms with van der Waals surface area (Å²) in [5, 5.41) is 0.628. The van der Waals surface area contributed by atoms with Crippen molar-refractivity contribution in [2.24, 2.45) is 0 Å². The van der Waals surface area contributed by atoms with Crippen LogP contribution in [0.4, 0.5) is 5.95 Å². The van der Waals surface area contributed by atoms with Crippen LogP contribution >= 0.6 is 39.1 Å². The van der Waals surface area contributed by atoms with E-state index in [1.54, 1.807) is 0 Å². The van der Waals surface area contributed by atoms with Crippen molar-refractivity contribution in [2.45, 2.75) is 0 Å². The second kappa shape index (κ2) is 3.81. The summed E-state index contributed by atoms with van der Waals surface area (Å²) in [7, 11) is 3.77. The number of aromatic amines is 1. The Morgan fingerprint density at radius 2 is 1.87 bits per heavy atom. The average Bonchev–Trinajstić information content (AvgIpc) is 2.59. The minimum absolute atomic E-state index is 0.310. The number of nitrogens with zero attached hydrogens (tertiary/aromatic N) is 3. The zero-order valence-corrected chi connectivity index (χ0v) is 11.1. The Bertz CT molecular complexity index is 523. The zero-order valence-electron chi connectivity index (χ0n) is 7.98. The fourth-order valence-electron chi connectivity index (χ4n) is 1.17. The highest BCUT2D eigenvalue weighted by Crippen LogP contribution is 2.33. The molecule has 0 saturated carbocycles. The molecule has 0 aliphatic carbocycles. The van der Waals surface area contributed by atoms with Crippen molar-refractivity contribution in [2.75, 3.05) is 19.0 Å². The van der Waals surface area contributed by atoms with Crippen LogP contribution in [0.25, 0.3) is 11.0 Å². The number of H-pyrrole nitrogens is 1. The fourth-order valence-corrected chi connectivity index (χ4v) is 1.98. The van der Waals surface area contributed by atoms with Crippen LogP contribution in [0, 0.1) is 0 Å². The number of rotatable bonds is 1. The molecule has 1 N–H and O–H groups in total. The first-order valence-corrected chi connectivity index (χ1v) is 5.63. The van der Waals surface area contributed by atoms with Gasteiger partial charge in [0.05, 0.1) is 4.47 Å². The number of fused-ring (bicyclic) bond motifs is 1. The Morgan fingerprint density at radius 3 is 2.47 bits per heavy atom. The molecule has 15 heavy (non-hydrogen) atoms. The minimum atomic E-state index is 0.310. The van der Waals surface area contributed by atoms with Crippen LogP contribution in [0.2, 0.25) is 10.3 Å². The monoisotopic (exact) mass is 308 g/mol. The molecule has 2 heterocycles. The van der Waals surface area contributed by atoms with E-state index >= 15 is 0 Å². The van der Waals surface area contributed by atoms with Crippen molar-refractivity contribution in [1.29, 1.82) is 0 Å². The summed E-state index contributed by atoms with van der Waals surface area (Å²) in [5.41, 5.74) is 1.36. The van der Waals surface area contributed by atoms with E-state index in [1.165, 1.54) is 0 Å². The Morgan fingerprint density at radius 1 is 1.20 bits per heavy atom. The summed E-state index contributed by atoms with van der Waals surface area (Å²) in [6.07, 6.45) is 0. The highest BCUT2D eigenvalue weighted by atomic mass is 79.9. The average molecular weight is 310 g/mol. The lowest BCUT2D eigenvalue weighted by Crippen LogP contribution is -2.09. The van der Waals surface area contributed by atoms with Crippen LogP contribution in [-0.4, -0.2) is 29.0 Å². The van der Waals surface area contributed by atoms with Gasteiger partial charge in [-0.3, -0.25) is 0 Å². The van der Waals surface area contributed by atoms with Crippen molar-refractivity contribution in [3.63, 3.8) is 0 Å². The first-order valence-electron chi connectivity index (χ1n) is 4.08. The molecule has 0 atom stereocenters. The van der Waals surface area contributed by atoms with Crippen LogP contribution < -0.4 is 4.90 Å². The third-order valence-electron chi connectivity index (χ3n) is 1.91. The fraction of sp³-hybridized carbons (Fsp3) is 0.250. The molecule has 0 saturated heterocycles. The van der Waals surface area contributed by atoms with E-state index in [-0.39, 0.29) is 0 Å². The molecule has 0 fully saturated rings. The highest BCUT2D eigenvalue weighted by Gasteiger charge is 2.14. The molecule has 2 rings (SSSR count). The topological polar surface area (TPSA) is 44.8 Å². The van der Waals surface area contributed by atoms with Gasteiger partial charge in [0.1, 0.15) is 16.2 Å². The number of aromatic nitrogens is 3. The van der Waals surface area contributed by atoms with E-state index in [4.69, 9.17) is 23.2 Å². The number of nitrogens with one attached hydrogen (secondary N) is 1. The van der Waals surface area contributed by atoms with Crippen molar-refractivity contribution in [3.8, 4) is 0 Å². The first kappa shape index (κ1) is 11.0. The van der Waals surface area contributed by atoms with Gasteiger partial charge < -0.3 is 9.88 Å². The van der Waals surface area contributed by atoms with Gasteiger partial charge in [-0.2, -0.15) is 0 Å². The van der Waals surface area contributed by atoms with E-state index in [9.17, 15) is 0 Å². The summed E-state index contributed by atoms with van der Waals surface area (Å²) in [4.78, 5) is 13.2. The Kier molecular flexibility index (Phi) is 2.79. The molecule has 0 radical (unpaired) electrons. The summed E-state index contributed by atoms with van der Waals surface area (Å²) in [5.74, 6) is 0.705. The van der Waals surface area contributed by atoms with Crippen molar-refractivity contribution in [3.05, 3.63) is 14.8 Å². The van der Waals surface area contributed by atoms with Crippen LogP contribution in [0.15, 0.2) is 4.47 Å². The lowest BCUT2D eigenvalue weighted by Gasteiger charge is -2.05. The predicted octanol–water partition coefficient (Wildman–Crippen LogP) is 3.09. The Labute approximate surface area is 105 Å². The molecule has 80 valence electrons. The molecule has 0 aliphatic heterocycles. The van der Waals surface area contributed by atoms with Crippen LogP contribution in [0.3, 0.4) is 0 Å². The molecular formula is C8H7BrCl2N4. The Balaban J connectivity index is 2.80. The SMILES string of the molecule is CN(C)c1nc2c(Br)c(Cl)nc(Cl)c2[nH]1. The smallest absolute Gasteiger partial charge is 0.203 e. The van der Waals surface area contributed by atoms with Gasteiger partial charge in [0.15, 0.2) is 5.15 Å². The van der Waals surface area contributed by atoms with Gasteiger partial charge in [-0.05, 0) is 15.9 Å². The lowest BCUT2D eigenvalue weighted by atomic mass is 10.4.